The van der Waals surface area contributed by atoms with Gasteiger partial charge in [0.1, 0.15) is 0 Å². The minimum absolute atomic E-state index is 0.153. The molecule has 1 amide bonds. The standard InChI is InChI=1S/C20H23ClN2O3S/c1-15-18(21)10-7-11-19(15)22-20(24)16-8-6-9-17(14-16)27(25,26)23-12-4-2-3-5-13-23/h6-11,14H,2-5,12-13H2,1H3,(H,22,24). The molecule has 1 heterocycles. The highest BCUT2D eigenvalue weighted by Gasteiger charge is 2.25. The molecule has 1 N–H and O–H groups in total. The Hall–Kier alpha value is -1.89. The number of benzene rings is 2. The Balaban J connectivity index is 1.84. The molecular weight excluding hydrogens is 384 g/mol. The van der Waals surface area contributed by atoms with Gasteiger partial charge in [0.05, 0.1) is 4.90 Å². The third-order valence-corrected chi connectivity index (χ3v) is 7.12. The van der Waals surface area contributed by atoms with Gasteiger partial charge in [-0.25, -0.2) is 8.42 Å². The molecule has 7 heteroatoms. The maximum Gasteiger partial charge on any atom is 0.255 e. The second-order valence-corrected chi connectivity index (χ2v) is 9.06. The van der Waals surface area contributed by atoms with E-state index in [1.54, 1.807) is 36.4 Å². The first-order chi connectivity index (χ1) is 12.9. The van der Waals surface area contributed by atoms with Crippen LogP contribution in [0.2, 0.25) is 5.02 Å². The van der Waals surface area contributed by atoms with Crippen LogP contribution in [0.15, 0.2) is 47.4 Å². The van der Waals surface area contributed by atoms with E-state index in [0.29, 0.717) is 29.4 Å². The van der Waals surface area contributed by atoms with E-state index in [4.69, 9.17) is 11.6 Å². The molecule has 0 aromatic heterocycles. The van der Waals surface area contributed by atoms with E-state index in [2.05, 4.69) is 5.32 Å². The number of hydrogen-bond acceptors (Lipinski definition) is 3. The zero-order valence-electron chi connectivity index (χ0n) is 15.2. The van der Waals surface area contributed by atoms with E-state index in [9.17, 15) is 13.2 Å². The van der Waals surface area contributed by atoms with Gasteiger partial charge in [0.25, 0.3) is 5.91 Å². The van der Waals surface area contributed by atoms with Crippen molar-refractivity contribution < 1.29 is 13.2 Å². The van der Waals surface area contributed by atoms with Gasteiger partial charge in [0, 0.05) is 29.4 Å². The first kappa shape index (κ1) is 19.9. The minimum Gasteiger partial charge on any atom is -0.322 e. The van der Waals surface area contributed by atoms with Gasteiger partial charge in [-0.2, -0.15) is 4.31 Å². The largest absolute Gasteiger partial charge is 0.322 e. The third kappa shape index (κ3) is 4.51. The van der Waals surface area contributed by atoms with Crippen LogP contribution in [0.4, 0.5) is 5.69 Å². The van der Waals surface area contributed by atoms with Crippen molar-refractivity contribution in [1.29, 1.82) is 0 Å². The fourth-order valence-corrected chi connectivity index (χ4v) is 4.90. The molecule has 2 aromatic rings. The summed E-state index contributed by atoms with van der Waals surface area (Å²) in [5.74, 6) is -0.367. The minimum atomic E-state index is -3.60. The SMILES string of the molecule is Cc1c(Cl)cccc1NC(=O)c1cccc(S(=O)(=O)N2CCCCCC2)c1. The maximum atomic E-state index is 12.9. The van der Waals surface area contributed by atoms with E-state index in [1.807, 2.05) is 6.92 Å². The first-order valence-electron chi connectivity index (χ1n) is 9.06. The lowest BCUT2D eigenvalue weighted by Gasteiger charge is -2.20. The van der Waals surface area contributed by atoms with Crippen molar-refractivity contribution in [3.8, 4) is 0 Å². The number of carbonyl (C=O) groups is 1. The fraction of sp³-hybridized carbons (Fsp3) is 0.350. The molecule has 0 radical (unpaired) electrons. The second kappa shape index (κ2) is 8.42. The summed E-state index contributed by atoms with van der Waals surface area (Å²) in [6.45, 7) is 2.87. The van der Waals surface area contributed by atoms with Gasteiger partial charge in [-0.15, -0.1) is 0 Å². The average Bonchev–Trinajstić information content (AvgIpc) is 2.95. The number of sulfonamides is 1. The topological polar surface area (TPSA) is 66.5 Å². The molecule has 3 rings (SSSR count). The van der Waals surface area contributed by atoms with Gasteiger partial charge in [0.2, 0.25) is 10.0 Å². The molecule has 0 aliphatic carbocycles. The molecular formula is C20H23ClN2O3S. The molecule has 1 aliphatic heterocycles. The molecule has 1 aliphatic rings. The monoisotopic (exact) mass is 406 g/mol. The van der Waals surface area contributed by atoms with Gasteiger partial charge in [-0.3, -0.25) is 4.79 Å². The molecule has 0 atom stereocenters. The normalized spacial score (nSPS) is 15.9. The quantitative estimate of drug-likeness (QED) is 0.814. The summed E-state index contributed by atoms with van der Waals surface area (Å²) in [5.41, 5.74) is 1.67. The van der Waals surface area contributed by atoms with Crippen LogP contribution in [-0.2, 0) is 10.0 Å². The van der Waals surface area contributed by atoms with Crippen LogP contribution >= 0.6 is 11.6 Å². The number of anilines is 1. The van der Waals surface area contributed by atoms with E-state index in [1.165, 1.54) is 10.4 Å². The molecule has 0 spiro atoms. The molecule has 0 bridgehead atoms. The van der Waals surface area contributed by atoms with Crippen LogP contribution in [-0.4, -0.2) is 31.7 Å². The number of amides is 1. The summed E-state index contributed by atoms with van der Waals surface area (Å²) < 4.78 is 27.4. The molecule has 0 unspecified atom stereocenters. The lowest BCUT2D eigenvalue weighted by Crippen LogP contribution is -2.32. The van der Waals surface area contributed by atoms with E-state index in [0.717, 1.165) is 31.2 Å². The lowest BCUT2D eigenvalue weighted by atomic mass is 10.1. The highest BCUT2D eigenvalue weighted by Crippen LogP contribution is 2.25. The highest BCUT2D eigenvalue weighted by molar-refractivity contribution is 7.89. The van der Waals surface area contributed by atoms with Crippen LogP contribution in [0.25, 0.3) is 0 Å². The van der Waals surface area contributed by atoms with Crippen molar-refractivity contribution in [2.75, 3.05) is 18.4 Å². The molecule has 27 heavy (non-hydrogen) atoms. The van der Waals surface area contributed by atoms with Crippen LogP contribution in [0, 0.1) is 6.92 Å². The summed E-state index contributed by atoms with van der Waals surface area (Å²) in [6, 6.07) is 11.5. The number of nitrogens with zero attached hydrogens (tertiary/aromatic N) is 1. The summed E-state index contributed by atoms with van der Waals surface area (Å²) >= 11 is 6.09. The maximum absolute atomic E-state index is 12.9. The first-order valence-corrected chi connectivity index (χ1v) is 10.9. The Kier molecular flexibility index (Phi) is 6.19. The molecule has 1 fully saturated rings. The fourth-order valence-electron chi connectivity index (χ4n) is 3.17. The van der Waals surface area contributed by atoms with Crippen molar-refractivity contribution in [2.45, 2.75) is 37.5 Å². The number of nitrogens with one attached hydrogen (secondary N) is 1. The summed E-state index contributed by atoms with van der Waals surface area (Å²) in [5, 5.41) is 3.36. The van der Waals surface area contributed by atoms with Crippen molar-refractivity contribution in [3.05, 3.63) is 58.6 Å². The van der Waals surface area contributed by atoms with Crippen molar-refractivity contribution >= 4 is 33.2 Å². The smallest absolute Gasteiger partial charge is 0.255 e. The van der Waals surface area contributed by atoms with Gasteiger partial charge in [0.15, 0.2) is 0 Å². The van der Waals surface area contributed by atoms with E-state index < -0.39 is 10.0 Å². The predicted molar refractivity (Wildman–Crippen MR) is 108 cm³/mol. The molecule has 144 valence electrons. The predicted octanol–water partition coefficient (Wildman–Crippen LogP) is 4.47. The average molecular weight is 407 g/mol. The third-order valence-electron chi connectivity index (χ3n) is 4.81. The zero-order chi connectivity index (χ0) is 19.4. The van der Waals surface area contributed by atoms with Crippen LogP contribution in [0.3, 0.4) is 0 Å². The zero-order valence-corrected chi connectivity index (χ0v) is 16.8. The summed E-state index contributed by atoms with van der Waals surface area (Å²) in [4.78, 5) is 12.8. The van der Waals surface area contributed by atoms with Crippen LogP contribution in [0.5, 0.6) is 0 Å². The van der Waals surface area contributed by atoms with Gasteiger partial charge in [-0.1, -0.05) is 36.6 Å². The van der Waals surface area contributed by atoms with Crippen molar-refractivity contribution in [3.63, 3.8) is 0 Å². The second-order valence-electron chi connectivity index (χ2n) is 6.71. The summed E-state index contributed by atoms with van der Waals surface area (Å²) in [6.07, 6.45) is 3.84. The molecule has 1 saturated heterocycles. The Morgan fingerprint density at radius 3 is 2.41 bits per heavy atom. The Bertz CT molecular complexity index is 936. The number of rotatable bonds is 4. The van der Waals surface area contributed by atoms with Crippen molar-refractivity contribution in [2.24, 2.45) is 0 Å². The van der Waals surface area contributed by atoms with Crippen LogP contribution in [0.1, 0.15) is 41.6 Å². The molecule has 5 nitrogen and oxygen atoms in total. The Labute approximate surface area is 165 Å². The van der Waals surface area contributed by atoms with E-state index >= 15 is 0 Å². The Morgan fingerprint density at radius 1 is 1.04 bits per heavy atom. The van der Waals surface area contributed by atoms with Crippen LogP contribution < -0.4 is 5.32 Å². The molecule has 0 saturated carbocycles. The Morgan fingerprint density at radius 2 is 1.70 bits per heavy atom. The van der Waals surface area contributed by atoms with Crippen molar-refractivity contribution in [1.82, 2.24) is 4.31 Å². The number of hydrogen-bond donors (Lipinski definition) is 1. The van der Waals surface area contributed by atoms with E-state index in [-0.39, 0.29) is 10.8 Å². The van der Waals surface area contributed by atoms with Gasteiger partial charge < -0.3 is 5.32 Å². The van der Waals surface area contributed by atoms with Gasteiger partial charge >= 0.3 is 0 Å². The highest BCUT2D eigenvalue weighted by atomic mass is 35.5. The molecule has 2 aromatic carbocycles. The van der Waals surface area contributed by atoms with Gasteiger partial charge in [-0.05, 0) is 55.7 Å². The number of halogens is 1. The lowest BCUT2D eigenvalue weighted by molar-refractivity contribution is 0.102. The summed E-state index contributed by atoms with van der Waals surface area (Å²) in [7, 11) is -3.60. The number of carbonyl (C=O) groups excluding carboxylic acids is 1.